The van der Waals surface area contributed by atoms with Gasteiger partial charge in [0.2, 0.25) is 6.10 Å². The number of amides is 1. The number of nitrogens with one attached hydrogen (secondary N) is 1. The van der Waals surface area contributed by atoms with Gasteiger partial charge in [0.05, 0.1) is 11.1 Å². The van der Waals surface area contributed by atoms with Crippen LogP contribution in [0, 0.1) is 0 Å². The third kappa shape index (κ3) is 3.20. The zero-order valence-corrected chi connectivity index (χ0v) is 13.4. The molecule has 3 N–H and O–H groups in total. The van der Waals surface area contributed by atoms with Crippen molar-refractivity contribution in [2.45, 2.75) is 44.2 Å². The Labute approximate surface area is 139 Å². The minimum absolute atomic E-state index is 0.139. The van der Waals surface area contributed by atoms with E-state index in [9.17, 15) is 9.59 Å². The van der Waals surface area contributed by atoms with E-state index in [4.69, 9.17) is 22.1 Å². The number of benzene rings is 1. The van der Waals surface area contributed by atoms with Crippen LogP contribution in [-0.2, 0) is 4.79 Å². The smallest absolute Gasteiger partial charge is 0.266 e. The topological polar surface area (TPSA) is 81.4 Å². The molecule has 1 amide bonds. The van der Waals surface area contributed by atoms with E-state index in [0.29, 0.717) is 16.3 Å². The normalized spacial score (nSPS) is 23.3. The number of carbonyl (C=O) groups is 2. The van der Waals surface area contributed by atoms with Gasteiger partial charge in [-0.1, -0.05) is 30.9 Å². The number of rotatable bonds is 2. The summed E-state index contributed by atoms with van der Waals surface area (Å²) in [5.74, 6) is -0.281. The Balaban J connectivity index is 1.82. The van der Waals surface area contributed by atoms with E-state index in [1.165, 1.54) is 12.5 Å². The second-order valence-corrected chi connectivity index (χ2v) is 6.37. The van der Waals surface area contributed by atoms with Crippen molar-refractivity contribution in [2.75, 3.05) is 0 Å². The van der Waals surface area contributed by atoms with E-state index in [2.05, 4.69) is 5.32 Å². The van der Waals surface area contributed by atoms with E-state index in [1.807, 2.05) is 0 Å². The maximum Gasteiger partial charge on any atom is 0.266 e. The summed E-state index contributed by atoms with van der Waals surface area (Å²) in [4.78, 5) is 25.1. The summed E-state index contributed by atoms with van der Waals surface area (Å²) in [6, 6.07) is 4.89. The highest BCUT2D eigenvalue weighted by molar-refractivity contribution is 6.31. The quantitative estimate of drug-likeness (QED) is 0.814. The number of hydrogen-bond acceptors (Lipinski definition) is 4. The van der Waals surface area contributed by atoms with Crippen LogP contribution in [-0.4, -0.2) is 23.8 Å². The number of nitrogens with two attached hydrogens (primary N) is 1. The van der Waals surface area contributed by atoms with Crippen LogP contribution in [0.3, 0.4) is 0 Å². The second-order valence-electron chi connectivity index (χ2n) is 5.93. The van der Waals surface area contributed by atoms with Crippen LogP contribution in [0.1, 0.15) is 42.5 Å². The molecule has 1 heterocycles. The molecule has 0 saturated heterocycles. The molecule has 1 aromatic rings. The molecule has 0 aromatic heterocycles. The highest BCUT2D eigenvalue weighted by Gasteiger charge is 2.37. The minimum Gasteiger partial charge on any atom is -0.475 e. The molecule has 0 bridgehead atoms. The highest BCUT2D eigenvalue weighted by Crippen LogP contribution is 2.32. The van der Waals surface area contributed by atoms with Crippen LogP contribution in [0.5, 0.6) is 5.75 Å². The van der Waals surface area contributed by atoms with Gasteiger partial charge in [-0.25, -0.2) is 0 Å². The summed E-state index contributed by atoms with van der Waals surface area (Å²) >= 11 is 5.92. The maximum absolute atomic E-state index is 12.5. The molecule has 1 unspecified atom stereocenters. The fourth-order valence-electron chi connectivity index (χ4n) is 3.13. The molecule has 1 aromatic carbocycles. The van der Waals surface area contributed by atoms with Gasteiger partial charge in [-0.2, -0.15) is 0 Å². The third-order valence-electron chi connectivity index (χ3n) is 4.34. The fraction of sp³-hybridized carbons (Fsp3) is 0.412. The standard InChI is InChI=1S/C17H19ClN2O3/c18-10-6-7-14-12(8-10)15(21)13(9-19)16(23-14)17(22)20-11-4-2-1-3-5-11/h6-9,11,16H,1-5,19H2,(H,20,22)/b13-9+. The Kier molecular flexibility index (Phi) is 4.57. The van der Waals surface area contributed by atoms with Crippen molar-refractivity contribution in [1.29, 1.82) is 0 Å². The largest absolute Gasteiger partial charge is 0.475 e. The summed E-state index contributed by atoms with van der Waals surface area (Å²) in [5, 5.41) is 3.41. The molecule has 1 aliphatic heterocycles. The van der Waals surface area contributed by atoms with Crippen LogP contribution in [0.4, 0.5) is 0 Å². The Hall–Kier alpha value is -2.01. The molecular formula is C17H19ClN2O3. The summed E-state index contributed by atoms with van der Waals surface area (Å²) in [5.41, 5.74) is 6.05. The van der Waals surface area contributed by atoms with Gasteiger partial charge in [0, 0.05) is 17.3 Å². The molecule has 1 fully saturated rings. The predicted octanol–water partition coefficient (Wildman–Crippen LogP) is 2.58. The number of Topliss-reactive ketones (excluding diaryl/α,β-unsaturated/α-hetero) is 1. The molecule has 3 rings (SSSR count). The number of ether oxygens (including phenoxy) is 1. The lowest BCUT2D eigenvalue weighted by Crippen LogP contribution is -2.48. The summed E-state index contributed by atoms with van der Waals surface area (Å²) in [6.45, 7) is 0. The van der Waals surface area contributed by atoms with Gasteiger partial charge >= 0.3 is 0 Å². The summed E-state index contributed by atoms with van der Waals surface area (Å²) < 4.78 is 5.72. The van der Waals surface area contributed by atoms with Crippen molar-refractivity contribution in [2.24, 2.45) is 5.73 Å². The Morgan fingerprint density at radius 2 is 2.04 bits per heavy atom. The van der Waals surface area contributed by atoms with Crippen LogP contribution < -0.4 is 15.8 Å². The lowest BCUT2D eigenvalue weighted by molar-refractivity contribution is -0.127. The molecule has 0 spiro atoms. The van der Waals surface area contributed by atoms with Crippen LogP contribution in [0.25, 0.3) is 0 Å². The Morgan fingerprint density at radius 3 is 2.74 bits per heavy atom. The van der Waals surface area contributed by atoms with E-state index in [1.54, 1.807) is 12.1 Å². The third-order valence-corrected chi connectivity index (χ3v) is 4.58. The first-order valence-electron chi connectivity index (χ1n) is 7.83. The van der Waals surface area contributed by atoms with Crippen molar-refractivity contribution in [3.63, 3.8) is 0 Å². The van der Waals surface area contributed by atoms with Gasteiger partial charge in [0.1, 0.15) is 5.75 Å². The second kappa shape index (κ2) is 6.62. The molecular weight excluding hydrogens is 316 g/mol. The molecule has 0 radical (unpaired) electrons. The van der Waals surface area contributed by atoms with Crippen molar-refractivity contribution in [1.82, 2.24) is 5.32 Å². The Bertz CT molecular complexity index is 666. The van der Waals surface area contributed by atoms with Gasteiger partial charge in [0.15, 0.2) is 5.78 Å². The van der Waals surface area contributed by atoms with Gasteiger partial charge < -0.3 is 15.8 Å². The monoisotopic (exact) mass is 334 g/mol. The average Bonchev–Trinajstić information content (AvgIpc) is 2.56. The van der Waals surface area contributed by atoms with E-state index >= 15 is 0 Å². The highest BCUT2D eigenvalue weighted by atomic mass is 35.5. The maximum atomic E-state index is 12.5. The van der Waals surface area contributed by atoms with Crippen LogP contribution in [0.2, 0.25) is 5.02 Å². The van der Waals surface area contributed by atoms with Crippen molar-refractivity contribution in [3.8, 4) is 5.75 Å². The zero-order valence-electron chi connectivity index (χ0n) is 12.7. The molecule has 2 aliphatic rings. The first-order valence-corrected chi connectivity index (χ1v) is 8.21. The number of ketones is 1. The molecule has 6 heteroatoms. The van der Waals surface area contributed by atoms with Gasteiger partial charge in [-0.05, 0) is 31.0 Å². The lowest BCUT2D eigenvalue weighted by Gasteiger charge is -2.29. The van der Waals surface area contributed by atoms with E-state index < -0.39 is 6.10 Å². The number of fused-ring (bicyclic) bond motifs is 1. The Morgan fingerprint density at radius 1 is 1.30 bits per heavy atom. The fourth-order valence-corrected chi connectivity index (χ4v) is 3.30. The van der Waals surface area contributed by atoms with Gasteiger partial charge in [-0.3, -0.25) is 9.59 Å². The van der Waals surface area contributed by atoms with E-state index in [-0.39, 0.29) is 23.3 Å². The first-order chi connectivity index (χ1) is 11.1. The minimum atomic E-state index is -1.01. The van der Waals surface area contributed by atoms with Crippen molar-refractivity contribution < 1.29 is 14.3 Å². The van der Waals surface area contributed by atoms with Gasteiger partial charge in [0.25, 0.3) is 5.91 Å². The van der Waals surface area contributed by atoms with Crippen molar-refractivity contribution in [3.05, 3.63) is 40.6 Å². The van der Waals surface area contributed by atoms with Crippen molar-refractivity contribution >= 4 is 23.3 Å². The molecule has 5 nitrogen and oxygen atoms in total. The number of halogens is 1. The average molecular weight is 335 g/mol. The van der Waals surface area contributed by atoms with Gasteiger partial charge in [-0.15, -0.1) is 0 Å². The number of hydrogen-bond donors (Lipinski definition) is 2. The van der Waals surface area contributed by atoms with E-state index in [0.717, 1.165) is 31.9 Å². The molecule has 122 valence electrons. The first kappa shape index (κ1) is 15.9. The molecule has 1 atom stereocenters. The summed E-state index contributed by atoms with van der Waals surface area (Å²) in [6.07, 6.45) is 5.47. The molecule has 1 aliphatic carbocycles. The summed E-state index contributed by atoms with van der Waals surface area (Å²) in [7, 11) is 0. The number of carbonyl (C=O) groups excluding carboxylic acids is 2. The lowest BCUT2D eigenvalue weighted by atomic mass is 9.93. The zero-order chi connectivity index (χ0) is 16.4. The molecule has 1 saturated carbocycles. The SMILES string of the molecule is N/C=C1\C(=O)c2cc(Cl)ccc2OC1C(=O)NC1CCCCC1. The molecule has 23 heavy (non-hydrogen) atoms. The van der Waals surface area contributed by atoms with Crippen LogP contribution in [0.15, 0.2) is 30.0 Å². The predicted molar refractivity (Wildman–Crippen MR) is 87.5 cm³/mol. The van der Waals surface area contributed by atoms with Crippen LogP contribution >= 0.6 is 11.6 Å².